The summed E-state index contributed by atoms with van der Waals surface area (Å²) in [5.41, 5.74) is 0.424. The summed E-state index contributed by atoms with van der Waals surface area (Å²) in [6, 6.07) is 6.12. The van der Waals surface area contributed by atoms with Gasteiger partial charge in [-0.15, -0.1) is 0 Å². The Bertz CT molecular complexity index is 701. The molecule has 9 heteroatoms. The van der Waals surface area contributed by atoms with E-state index < -0.39 is 17.8 Å². The summed E-state index contributed by atoms with van der Waals surface area (Å²) in [5, 5.41) is 21.5. The molecule has 1 aliphatic heterocycles. The van der Waals surface area contributed by atoms with E-state index in [-0.39, 0.29) is 24.6 Å². The molecule has 0 aromatic heterocycles. The quantitative estimate of drug-likeness (QED) is 0.576. The highest BCUT2D eigenvalue weighted by atomic mass is 16.4. The van der Waals surface area contributed by atoms with Crippen molar-refractivity contribution in [1.82, 2.24) is 14.7 Å². The van der Waals surface area contributed by atoms with Crippen LogP contribution in [0, 0.1) is 5.92 Å². The molecular formula is C19H28N4O5. The van der Waals surface area contributed by atoms with Crippen LogP contribution in [0.3, 0.4) is 0 Å². The highest BCUT2D eigenvalue weighted by Crippen LogP contribution is 2.17. The number of carbonyl (C=O) groups excluding carboxylic acids is 2. The summed E-state index contributed by atoms with van der Waals surface area (Å²) >= 11 is 0. The zero-order chi connectivity index (χ0) is 20.7. The number of hydrogen-bond acceptors (Lipinski definition) is 6. The van der Waals surface area contributed by atoms with Crippen molar-refractivity contribution in [1.29, 1.82) is 0 Å². The van der Waals surface area contributed by atoms with Gasteiger partial charge in [-0.05, 0) is 12.1 Å². The maximum atomic E-state index is 12.2. The van der Waals surface area contributed by atoms with Gasteiger partial charge in [0.05, 0.1) is 12.5 Å². The molecule has 1 saturated heterocycles. The monoisotopic (exact) mass is 392 g/mol. The molecule has 3 N–H and O–H groups in total. The molecule has 1 fully saturated rings. The lowest BCUT2D eigenvalue weighted by molar-refractivity contribution is -0.144. The first-order valence-corrected chi connectivity index (χ1v) is 9.21. The number of anilines is 1. The van der Waals surface area contributed by atoms with Crippen molar-refractivity contribution >= 4 is 23.5 Å². The number of phenolic OH excluding ortho intramolecular Hbond substituents is 1. The average molecular weight is 392 g/mol. The number of nitrogens with zero attached hydrogens (tertiary/aromatic N) is 3. The number of carboxylic acid groups (broad SMARTS) is 1. The first-order chi connectivity index (χ1) is 13.2. The molecule has 2 rings (SSSR count). The minimum Gasteiger partial charge on any atom is -0.508 e. The zero-order valence-corrected chi connectivity index (χ0v) is 16.3. The normalized spacial score (nSPS) is 16.4. The van der Waals surface area contributed by atoms with Crippen molar-refractivity contribution in [3.8, 4) is 5.75 Å². The van der Waals surface area contributed by atoms with E-state index in [4.69, 9.17) is 0 Å². The highest BCUT2D eigenvalue weighted by Gasteiger charge is 2.27. The van der Waals surface area contributed by atoms with Gasteiger partial charge in [0.1, 0.15) is 5.75 Å². The Balaban J connectivity index is 1.82. The number of phenols is 1. The Morgan fingerprint density at radius 2 is 1.79 bits per heavy atom. The Kier molecular flexibility index (Phi) is 7.77. The Hall–Kier alpha value is -2.65. The smallest absolute Gasteiger partial charge is 0.308 e. The summed E-state index contributed by atoms with van der Waals surface area (Å²) in [4.78, 5) is 41.2. The molecule has 1 aromatic rings. The number of aliphatic carboxylic acids is 1. The number of carboxylic acids is 1. The second-order valence-corrected chi connectivity index (χ2v) is 7.20. The van der Waals surface area contributed by atoms with E-state index in [1.807, 2.05) is 9.80 Å². The molecule has 1 atom stereocenters. The van der Waals surface area contributed by atoms with Gasteiger partial charge in [0.15, 0.2) is 0 Å². The average Bonchev–Trinajstić information content (AvgIpc) is 2.62. The van der Waals surface area contributed by atoms with Crippen LogP contribution in [0.15, 0.2) is 24.3 Å². The predicted molar refractivity (Wildman–Crippen MR) is 104 cm³/mol. The molecular weight excluding hydrogens is 364 g/mol. The number of hydrogen-bond donors (Lipinski definition) is 3. The Morgan fingerprint density at radius 3 is 2.36 bits per heavy atom. The van der Waals surface area contributed by atoms with Crippen LogP contribution in [-0.4, -0.2) is 96.1 Å². The van der Waals surface area contributed by atoms with Gasteiger partial charge >= 0.3 is 5.97 Å². The zero-order valence-electron chi connectivity index (χ0n) is 16.3. The molecule has 0 radical (unpaired) electrons. The minimum absolute atomic E-state index is 0.0261. The van der Waals surface area contributed by atoms with Crippen molar-refractivity contribution in [3.05, 3.63) is 24.3 Å². The maximum absolute atomic E-state index is 12.2. The molecule has 2 amide bonds. The van der Waals surface area contributed by atoms with Gasteiger partial charge in [0.2, 0.25) is 11.8 Å². The summed E-state index contributed by atoms with van der Waals surface area (Å²) in [7, 11) is 3.44. The van der Waals surface area contributed by atoms with Crippen LogP contribution < -0.4 is 5.32 Å². The van der Waals surface area contributed by atoms with Crippen molar-refractivity contribution in [2.75, 3.05) is 58.7 Å². The molecule has 9 nitrogen and oxygen atoms in total. The largest absolute Gasteiger partial charge is 0.508 e. The molecule has 1 aliphatic rings. The fourth-order valence-corrected chi connectivity index (χ4v) is 3.02. The van der Waals surface area contributed by atoms with Crippen LogP contribution >= 0.6 is 0 Å². The highest BCUT2D eigenvalue weighted by molar-refractivity contribution is 5.93. The van der Waals surface area contributed by atoms with E-state index in [9.17, 15) is 24.6 Å². The predicted octanol–water partition coefficient (Wildman–Crippen LogP) is 0.127. The van der Waals surface area contributed by atoms with E-state index in [1.54, 1.807) is 31.1 Å². The van der Waals surface area contributed by atoms with Gasteiger partial charge in [-0.3, -0.25) is 24.2 Å². The van der Waals surface area contributed by atoms with E-state index in [0.717, 1.165) is 0 Å². The van der Waals surface area contributed by atoms with Gasteiger partial charge in [0, 0.05) is 65.0 Å². The second kappa shape index (κ2) is 10.0. The summed E-state index contributed by atoms with van der Waals surface area (Å²) < 4.78 is 0. The van der Waals surface area contributed by atoms with Gasteiger partial charge in [-0.2, -0.15) is 0 Å². The van der Waals surface area contributed by atoms with Crippen molar-refractivity contribution in [2.24, 2.45) is 5.92 Å². The van der Waals surface area contributed by atoms with Gasteiger partial charge in [-0.1, -0.05) is 6.07 Å². The Morgan fingerprint density at radius 1 is 1.14 bits per heavy atom. The molecule has 0 saturated carbocycles. The summed E-state index contributed by atoms with van der Waals surface area (Å²) in [6.07, 6.45) is -0.148. The topological polar surface area (TPSA) is 113 Å². The number of aromatic hydroxyl groups is 1. The molecule has 28 heavy (non-hydrogen) atoms. The maximum Gasteiger partial charge on any atom is 0.308 e. The van der Waals surface area contributed by atoms with Crippen LogP contribution in [0.1, 0.15) is 6.42 Å². The van der Waals surface area contributed by atoms with Crippen LogP contribution in [0.2, 0.25) is 0 Å². The van der Waals surface area contributed by atoms with Gasteiger partial charge in [-0.25, -0.2) is 0 Å². The number of likely N-dealkylation sites (N-methyl/N-ethyl adjacent to an activating group) is 1. The van der Waals surface area contributed by atoms with Crippen molar-refractivity contribution in [2.45, 2.75) is 6.42 Å². The minimum atomic E-state index is -1.02. The van der Waals surface area contributed by atoms with E-state index in [0.29, 0.717) is 38.4 Å². The standard InChI is InChI=1S/C19H28N4O5/c1-21(2)18(26)13-23-8-6-22(7-9-23)12-14(19(27)28)10-17(25)20-15-4-3-5-16(24)11-15/h3-5,11,14,24H,6-10,12-13H2,1-2H3,(H,20,25)(H,27,28). The molecule has 0 aliphatic carbocycles. The fourth-order valence-electron chi connectivity index (χ4n) is 3.02. The first kappa shape index (κ1) is 21.6. The molecule has 154 valence electrons. The van der Waals surface area contributed by atoms with E-state index in [2.05, 4.69) is 5.32 Å². The second-order valence-electron chi connectivity index (χ2n) is 7.20. The van der Waals surface area contributed by atoms with E-state index in [1.165, 1.54) is 12.1 Å². The van der Waals surface area contributed by atoms with Gasteiger partial charge in [0.25, 0.3) is 0 Å². The third-order valence-electron chi connectivity index (χ3n) is 4.71. The molecule has 1 heterocycles. The number of piperazine rings is 1. The van der Waals surface area contributed by atoms with Gasteiger partial charge < -0.3 is 20.4 Å². The van der Waals surface area contributed by atoms with Crippen LogP contribution in [0.4, 0.5) is 5.69 Å². The molecule has 0 spiro atoms. The molecule has 1 aromatic carbocycles. The van der Waals surface area contributed by atoms with Crippen LogP contribution in [0.25, 0.3) is 0 Å². The fraction of sp³-hybridized carbons (Fsp3) is 0.526. The van der Waals surface area contributed by atoms with Crippen LogP contribution in [-0.2, 0) is 14.4 Å². The number of carbonyl (C=O) groups is 3. The summed E-state index contributed by atoms with van der Waals surface area (Å²) in [5.74, 6) is -2.18. The summed E-state index contributed by atoms with van der Waals surface area (Å²) in [6.45, 7) is 3.30. The Labute approximate surface area is 164 Å². The number of benzene rings is 1. The number of nitrogens with one attached hydrogen (secondary N) is 1. The third-order valence-corrected chi connectivity index (χ3v) is 4.71. The lowest BCUT2D eigenvalue weighted by Gasteiger charge is -2.35. The first-order valence-electron chi connectivity index (χ1n) is 9.21. The number of amides is 2. The lowest BCUT2D eigenvalue weighted by Crippen LogP contribution is -2.50. The van der Waals surface area contributed by atoms with E-state index >= 15 is 0 Å². The third kappa shape index (κ3) is 6.82. The molecule has 0 bridgehead atoms. The van der Waals surface area contributed by atoms with Crippen molar-refractivity contribution < 1.29 is 24.6 Å². The number of rotatable bonds is 8. The molecule has 1 unspecified atom stereocenters. The SMILES string of the molecule is CN(C)C(=O)CN1CCN(CC(CC(=O)Nc2cccc(O)c2)C(=O)O)CC1. The van der Waals surface area contributed by atoms with Crippen molar-refractivity contribution in [3.63, 3.8) is 0 Å². The lowest BCUT2D eigenvalue weighted by atomic mass is 10.0. The van der Waals surface area contributed by atoms with Crippen LogP contribution in [0.5, 0.6) is 5.75 Å².